The molecule has 2 rings (SSSR count). The molecule has 21 heavy (non-hydrogen) atoms. The Kier molecular flexibility index (Phi) is 5.62. The zero-order valence-electron chi connectivity index (χ0n) is 11.8. The number of thioether (sulfide) groups is 1. The van der Waals surface area contributed by atoms with Crippen LogP contribution in [0.15, 0.2) is 41.3 Å². The highest BCUT2D eigenvalue weighted by Crippen LogP contribution is 2.28. The van der Waals surface area contributed by atoms with Crippen molar-refractivity contribution in [2.45, 2.75) is 17.9 Å². The molecule has 0 amide bonds. The van der Waals surface area contributed by atoms with Crippen LogP contribution < -0.4 is 5.32 Å². The molecule has 0 saturated heterocycles. The zero-order chi connectivity index (χ0) is 15.4. The number of nitrogens with one attached hydrogen (secondary N) is 1. The van der Waals surface area contributed by atoms with Crippen LogP contribution in [-0.2, 0) is 0 Å². The van der Waals surface area contributed by atoms with Crippen molar-refractivity contribution in [1.82, 2.24) is 5.32 Å². The van der Waals surface area contributed by atoms with Crippen molar-refractivity contribution < 1.29 is 8.78 Å². The van der Waals surface area contributed by atoms with Gasteiger partial charge in [-0.1, -0.05) is 23.7 Å². The predicted molar refractivity (Wildman–Crippen MR) is 85.1 cm³/mol. The van der Waals surface area contributed by atoms with E-state index in [1.54, 1.807) is 37.9 Å². The number of halogens is 3. The van der Waals surface area contributed by atoms with Gasteiger partial charge in [-0.3, -0.25) is 0 Å². The number of hydrogen-bond acceptors (Lipinski definition) is 2. The molecule has 0 aliphatic carbocycles. The van der Waals surface area contributed by atoms with Crippen LogP contribution in [0.1, 0.15) is 17.2 Å². The highest BCUT2D eigenvalue weighted by atomic mass is 35.5. The lowest BCUT2D eigenvalue weighted by atomic mass is 10.1. The molecule has 0 aliphatic heterocycles. The maximum atomic E-state index is 14.0. The molecule has 0 fully saturated rings. The molecule has 1 N–H and O–H groups in total. The Morgan fingerprint density at radius 1 is 1.10 bits per heavy atom. The highest BCUT2D eigenvalue weighted by molar-refractivity contribution is 7.99. The summed E-state index contributed by atoms with van der Waals surface area (Å²) in [6, 6.07) is 10.4. The Hall–Kier alpha value is -1.10. The van der Waals surface area contributed by atoms with Gasteiger partial charge in [0.2, 0.25) is 0 Å². The first-order valence-corrected chi connectivity index (χ1v) is 7.89. The zero-order valence-corrected chi connectivity index (χ0v) is 13.4. The molecule has 5 heteroatoms. The summed E-state index contributed by atoms with van der Waals surface area (Å²) in [6.07, 6.45) is 0. The van der Waals surface area contributed by atoms with E-state index in [9.17, 15) is 8.78 Å². The Morgan fingerprint density at radius 3 is 2.38 bits per heavy atom. The second-order valence-corrected chi connectivity index (χ2v) is 6.24. The summed E-state index contributed by atoms with van der Waals surface area (Å²) in [5, 5.41) is 3.71. The van der Waals surface area contributed by atoms with E-state index in [0.717, 1.165) is 4.90 Å². The van der Waals surface area contributed by atoms with E-state index >= 15 is 0 Å². The molecule has 2 aromatic carbocycles. The Labute approximate surface area is 132 Å². The lowest BCUT2D eigenvalue weighted by Crippen LogP contribution is -2.20. The van der Waals surface area contributed by atoms with Crippen molar-refractivity contribution in [1.29, 1.82) is 0 Å². The van der Waals surface area contributed by atoms with Crippen molar-refractivity contribution in [3.63, 3.8) is 0 Å². The van der Waals surface area contributed by atoms with Gasteiger partial charge in [0.15, 0.2) is 11.6 Å². The van der Waals surface area contributed by atoms with Gasteiger partial charge < -0.3 is 5.32 Å². The summed E-state index contributed by atoms with van der Waals surface area (Å²) >= 11 is 7.40. The van der Waals surface area contributed by atoms with Crippen molar-refractivity contribution in [2.24, 2.45) is 0 Å². The average Bonchev–Trinajstić information content (AvgIpc) is 2.49. The molecule has 0 bridgehead atoms. The van der Waals surface area contributed by atoms with Gasteiger partial charge in [-0.15, -0.1) is 11.8 Å². The van der Waals surface area contributed by atoms with Crippen LogP contribution in [0, 0.1) is 18.6 Å². The first kappa shape index (κ1) is 16.3. The van der Waals surface area contributed by atoms with Gasteiger partial charge in [0.1, 0.15) is 0 Å². The number of benzene rings is 2. The first-order valence-electron chi connectivity index (χ1n) is 6.53. The number of rotatable bonds is 5. The van der Waals surface area contributed by atoms with Crippen LogP contribution in [0.3, 0.4) is 0 Å². The van der Waals surface area contributed by atoms with E-state index < -0.39 is 11.6 Å². The van der Waals surface area contributed by atoms with Crippen molar-refractivity contribution in [3.8, 4) is 0 Å². The monoisotopic (exact) mass is 327 g/mol. The quantitative estimate of drug-likeness (QED) is 0.777. The minimum absolute atomic E-state index is 0.263. The Morgan fingerprint density at radius 2 is 1.76 bits per heavy atom. The van der Waals surface area contributed by atoms with E-state index in [-0.39, 0.29) is 6.04 Å². The fraction of sp³-hybridized carbons (Fsp3) is 0.250. The largest absolute Gasteiger partial charge is 0.312 e. The maximum absolute atomic E-state index is 14.0. The molecule has 0 spiro atoms. The fourth-order valence-electron chi connectivity index (χ4n) is 1.97. The molecular weight excluding hydrogens is 312 g/mol. The first-order chi connectivity index (χ1) is 10.0. The van der Waals surface area contributed by atoms with Crippen molar-refractivity contribution in [3.05, 3.63) is 64.2 Å². The normalized spacial score (nSPS) is 12.4. The number of hydrogen-bond donors (Lipinski definition) is 1. The molecule has 1 nitrogen and oxygen atoms in total. The van der Waals surface area contributed by atoms with Crippen LogP contribution in [0.4, 0.5) is 8.78 Å². The van der Waals surface area contributed by atoms with E-state index in [0.29, 0.717) is 21.9 Å². The second-order valence-electron chi connectivity index (χ2n) is 4.71. The Balaban J connectivity index is 2.13. The topological polar surface area (TPSA) is 12.0 Å². The summed E-state index contributed by atoms with van der Waals surface area (Å²) in [7, 11) is 1.74. The van der Waals surface area contributed by atoms with Crippen LogP contribution in [-0.4, -0.2) is 12.8 Å². The molecule has 112 valence electrons. The van der Waals surface area contributed by atoms with Crippen LogP contribution in [0.25, 0.3) is 0 Å². The molecular formula is C16H16ClF2NS. The molecule has 2 aromatic rings. The summed E-state index contributed by atoms with van der Waals surface area (Å²) in [6.45, 7) is 1.55. The van der Waals surface area contributed by atoms with E-state index in [1.807, 2.05) is 24.3 Å². The average molecular weight is 328 g/mol. The summed E-state index contributed by atoms with van der Waals surface area (Å²) in [5.41, 5.74) is 0.665. The van der Waals surface area contributed by atoms with Gasteiger partial charge in [0.25, 0.3) is 0 Å². The fourth-order valence-corrected chi connectivity index (χ4v) is 3.13. The molecule has 1 atom stereocenters. The van der Waals surface area contributed by atoms with E-state index in [4.69, 9.17) is 11.6 Å². The van der Waals surface area contributed by atoms with Crippen molar-refractivity contribution >= 4 is 23.4 Å². The standard InChI is InChI=1S/C16H16ClF2NS/c1-10-3-8-13(16(19)15(10)18)14(20-2)9-21-12-6-4-11(17)5-7-12/h3-8,14,20H,9H2,1-2H3. The maximum Gasteiger partial charge on any atom is 0.163 e. The highest BCUT2D eigenvalue weighted by Gasteiger charge is 2.18. The number of aryl methyl sites for hydroxylation is 1. The predicted octanol–water partition coefficient (Wildman–Crippen LogP) is 4.98. The van der Waals surface area contributed by atoms with Crippen LogP contribution in [0.2, 0.25) is 5.02 Å². The van der Waals surface area contributed by atoms with Gasteiger partial charge in [0, 0.05) is 27.3 Å². The summed E-state index contributed by atoms with van der Waals surface area (Å²) < 4.78 is 27.7. The lowest BCUT2D eigenvalue weighted by Gasteiger charge is -2.18. The summed E-state index contributed by atoms with van der Waals surface area (Å²) in [4.78, 5) is 1.03. The minimum Gasteiger partial charge on any atom is -0.312 e. The third-order valence-corrected chi connectivity index (χ3v) is 4.62. The van der Waals surface area contributed by atoms with Gasteiger partial charge in [-0.25, -0.2) is 8.78 Å². The lowest BCUT2D eigenvalue weighted by molar-refractivity contribution is 0.479. The van der Waals surface area contributed by atoms with Crippen LogP contribution in [0.5, 0.6) is 0 Å². The molecule has 1 unspecified atom stereocenters. The van der Waals surface area contributed by atoms with Gasteiger partial charge >= 0.3 is 0 Å². The second kappa shape index (κ2) is 7.25. The van der Waals surface area contributed by atoms with E-state index in [2.05, 4.69) is 5.32 Å². The summed E-state index contributed by atoms with van der Waals surface area (Å²) in [5.74, 6) is -0.951. The van der Waals surface area contributed by atoms with Crippen LogP contribution >= 0.6 is 23.4 Å². The molecule has 0 radical (unpaired) electrons. The minimum atomic E-state index is -0.774. The third kappa shape index (κ3) is 3.96. The SMILES string of the molecule is CNC(CSc1ccc(Cl)cc1)c1ccc(C)c(F)c1F. The van der Waals surface area contributed by atoms with Gasteiger partial charge in [0.05, 0.1) is 0 Å². The molecule has 0 heterocycles. The molecule has 0 aliphatic rings. The van der Waals surface area contributed by atoms with Gasteiger partial charge in [-0.2, -0.15) is 0 Å². The van der Waals surface area contributed by atoms with Crippen molar-refractivity contribution in [2.75, 3.05) is 12.8 Å². The smallest absolute Gasteiger partial charge is 0.163 e. The third-order valence-electron chi connectivity index (χ3n) is 3.26. The van der Waals surface area contributed by atoms with E-state index in [1.165, 1.54) is 0 Å². The molecule has 0 aromatic heterocycles. The van der Waals surface area contributed by atoms with Gasteiger partial charge in [-0.05, 0) is 43.8 Å². The molecule has 0 saturated carbocycles. The Bertz CT molecular complexity index is 616.